The number of benzene rings is 1. The van der Waals surface area contributed by atoms with Crippen LogP contribution in [0, 0.1) is 40.7 Å². The number of hydrogen-bond donors (Lipinski definition) is 0. The highest BCUT2D eigenvalue weighted by Gasteiger charge is 2.26. The zero-order chi connectivity index (χ0) is 22.1. The van der Waals surface area contributed by atoms with Crippen LogP contribution in [-0.4, -0.2) is 6.67 Å². The van der Waals surface area contributed by atoms with E-state index in [1.807, 2.05) is 0 Å². The van der Waals surface area contributed by atoms with Crippen LogP contribution in [0.3, 0.4) is 0 Å². The smallest absolute Gasteiger partial charge is 0.144 e. The standard InChI is InChI=1S/C27H36F3N/c28-16-4-2-1-3-5-20-6-8-21(9-7-20)10-11-22-12-14-23(15-13-22)24-17-26(29)25(19-31)27(30)18-24/h3,5,17-18,20-23H,1-2,4,6-16H2. The van der Waals surface area contributed by atoms with E-state index in [0.717, 1.165) is 50.4 Å². The quantitative estimate of drug-likeness (QED) is 0.284. The SMILES string of the molecule is N#Cc1c(F)cc(C2CCC(CCC3CCC(C=CCCCCF)CC3)CC2)cc1F. The Hall–Kier alpha value is -1.76. The second kappa shape index (κ2) is 12.3. The molecular weight excluding hydrogens is 395 g/mol. The molecule has 170 valence electrons. The third kappa shape index (κ3) is 7.13. The van der Waals surface area contributed by atoms with E-state index in [2.05, 4.69) is 12.2 Å². The van der Waals surface area contributed by atoms with Crippen LogP contribution in [0.4, 0.5) is 13.2 Å². The Morgan fingerprint density at radius 2 is 1.45 bits per heavy atom. The summed E-state index contributed by atoms with van der Waals surface area (Å²) in [4.78, 5) is 0. The Morgan fingerprint density at radius 1 is 0.871 bits per heavy atom. The van der Waals surface area contributed by atoms with Crippen molar-refractivity contribution in [3.63, 3.8) is 0 Å². The Balaban J connectivity index is 1.35. The molecule has 0 saturated heterocycles. The van der Waals surface area contributed by atoms with Crippen molar-refractivity contribution in [2.75, 3.05) is 6.67 Å². The maximum Gasteiger partial charge on any atom is 0.144 e. The number of alkyl halides is 1. The highest BCUT2D eigenvalue weighted by molar-refractivity contribution is 5.36. The lowest BCUT2D eigenvalue weighted by molar-refractivity contribution is 0.246. The number of allylic oxidation sites excluding steroid dienone is 2. The second-order valence-corrected chi connectivity index (χ2v) is 9.66. The van der Waals surface area contributed by atoms with E-state index in [1.54, 1.807) is 6.07 Å². The van der Waals surface area contributed by atoms with E-state index in [0.29, 0.717) is 17.9 Å². The fraction of sp³-hybridized carbons (Fsp3) is 0.667. The van der Waals surface area contributed by atoms with Crippen molar-refractivity contribution in [3.8, 4) is 6.07 Å². The second-order valence-electron chi connectivity index (χ2n) is 9.66. The predicted molar refractivity (Wildman–Crippen MR) is 119 cm³/mol. The molecule has 0 aliphatic heterocycles. The highest BCUT2D eigenvalue weighted by atomic mass is 19.1. The zero-order valence-electron chi connectivity index (χ0n) is 18.6. The molecule has 2 aliphatic carbocycles. The molecule has 1 nitrogen and oxygen atoms in total. The molecule has 0 spiro atoms. The molecule has 0 radical (unpaired) electrons. The Kier molecular flexibility index (Phi) is 9.50. The number of unbranched alkanes of at least 4 members (excludes halogenated alkanes) is 2. The number of hydrogen-bond acceptors (Lipinski definition) is 1. The molecule has 31 heavy (non-hydrogen) atoms. The largest absolute Gasteiger partial charge is 0.251 e. The van der Waals surface area contributed by atoms with E-state index in [9.17, 15) is 13.2 Å². The molecule has 1 aromatic rings. The van der Waals surface area contributed by atoms with Gasteiger partial charge in [0.05, 0.1) is 6.67 Å². The fourth-order valence-corrected chi connectivity index (χ4v) is 5.51. The zero-order valence-corrected chi connectivity index (χ0v) is 18.6. The van der Waals surface area contributed by atoms with Crippen LogP contribution in [0.25, 0.3) is 0 Å². The molecule has 3 rings (SSSR count). The van der Waals surface area contributed by atoms with Crippen molar-refractivity contribution in [1.29, 1.82) is 5.26 Å². The molecule has 4 heteroatoms. The average Bonchev–Trinajstić information content (AvgIpc) is 2.78. The van der Waals surface area contributed by atoms with Gasteiger partial charge >= 0.3 is 0 Å². The first kappa shape index (κ1) is 23.9. The summed E-state index contributed by atoms with van der Waals surface area (Å²) in [6.07, 6.45) is 19.3. The summed E-state index contributed by atoms with van der Waals surface area (Å²) >= 11 is 0. The maximum absolute atomic E-state index is 13.9. The predicted octanol–water partition coefficient (Wildman–Crippen LogP) is 8.39. The summed E-state index contributed by atoms with van der Waals surface area (Å²) in [5.74, 6) is 1.04. The van der Waals surface area contributed by atoms with Crippen molar-refractivity contribution < 1.29 is 13.2 Å². The lowest BCUT2D eigenvalue weighted by Crippen LogP contribution is -2.17. The van der Waals surface area contributed by atoms with Gasteiger partial charge in [0.1, 0.15) is 23.3 Å². The normalized spacial score (nSPS) is 26.8. The van der Waals surface area contributed by atoms with E-state index < -0.39 is 17.2 Å². The molecule has 0 amide bonds. The number of nitrogens with zero attached hydrogens (tertiary/aromatic N) is 1. The van der Waals surface area contributed by atoms with Gasteiger partial charge in [0.15, 0.2) is 0 Å². The third-order valence-electron chi connectivity index (χ3n) is 7.53. The van der Waals surface area contributed by atoms with Gasteiger partial charge in [-0.15, -0.1) is 0 Å². The van der Waals surface area contributed by atoms with Crippen LogP contribution in [0.15, 0.2) is 24.3 Å². The monoisotopic (exact) mass is 431 g/mol. The van der Waals surface area contributed by atoms with Gasteiger partial charge in [-0.3, -0.25) is 4.39 Å². The summed E-state index contributed by atoms with van der Waals surface area (Å²) in [6.45, 7) is -0.201. The fourth-order valence-electron chi connectivity index (χ4n) is 5.51. The van der Waals surface area contributed by atoms with Crippen LogP contribution in [-0.2, 0) is 0 Å². The third-order valence-corrected chi connectivity index (χ3v) is 7.53. The van der Waals surface area contributed by atoms with Crippen LogP contribution in [0.1, 0.15) is 101 Å². The van der Waals surface area contributed by atoms with E-state index in [4.69, 9.17) is 5.26 Å². The van der Waals surface area contributed by atoms with Gasteiger partial charge in [-0.2, -0.15) is 5.26 Å². The van der Waals surface area contributed by atoms with Crippen LogP contribution in [0.2, 0.25) is 0 Å². The van der Waals surface area contributed by atoms with Crippen molar-refractivity contribution in [1.82, 2.24) is 0 Å². The van der Waals surface area contributed by atoms with Crippen molar-refractivity contribution >= 4 is 0 Å². The van der Waals surface area contributed by atoms with Crippen LogP contribution < -0.4 is 0 Å². The lowest BCUT2D eigenvalue weighted by atomic mass is 9.74. The van der Waals surface area contributed by atoms with Gasteiger partial charge in [0.2, 0.25) is 0 Å². The van der Waals surface area contributed by atoms with Gasteiger partial charge < -0.3 is 0 Å². The highest BCUT2D eigenvalue weighted by Crippen LogP contribution is 2.40. The molecular formula is C27H36F3N. The summed E-state index contributed by atoms with van der Waals surface area (Å²) in [6, 6.07) is 4.33. The Morgan fingerprint density at radius 3 is 2.00 bits per heavy atom. The molecule has 2 fully saturated rings. The van der Waals surface area contributed by atoms with Gasteiger partial charge in [0, 0.05) is 0 Å². The Bertz CT molecular complexity index is 727. The van der Waals surface area contributed by atoms with E-state index in [1.165, 1.54) is 50.7 Å². The first-order valence-electron chi connectivity index (χ1n) is 12.2. The molecule has 0 heterocycles. The number of nitriles is 1. The molecule has 2 saturated carbocycles. The van der Waals surface area contributed by atoms with Crippen LogP contribution >= 0.6 is 0 Å². The minimum atomic E-state index is -0.732. The molecule has 2 aliphatic rings. The first-order chi connectivity index (χ1) is 15.1. The molecule has 0 bridgehead atoms. The topological polar surface area (TPSA) is 23.8 Å². The van der Waals surface area contributed by atoms with Crippen molar-refractivity contribution in [3.05, 3.63) is 47.0 Å². The summed E-state index contributed by atoms with van der Waals surface area (Å²) < 4.78 is 40.0. The molecule has 1 aromatic carbocycles. The molecule has 0 unspecified atom stereocenters. The van der Waals surface area contributed by atoms with Gasteiger partial charge in [-0.25, -0.2) is 8.78 Å². The lowest BCUT2D eigenvalue weighted by Gasteiger charge is -2.31. The van der Waals surface area contributed by atoms with Gasteiger partial charge in [-0.05, 0) is 112 Å². The number of rotatable bonds is 9. The number of halogens is 3. The first-order valence-corrected chi connectivity index (χ1v) is 12.2. The Labute approximate surface area is 185 Å². The van der Waals surface area contributed by atoms with Gasteiger partial charge in [0.25, 0.3) is 0 Å². The average molecular weight is 432 g/mol. The van der Waals surface area contributed by atoms with Gasteiger partial charge in [-0.1, -0.05) is 25.0 Å². The summed E-state index contributed by atoms with van der Waals surface area (Å²) in [5, 5.41) is 8.84. The van der Waals surface area contributed by atoms with E-state index >= 15 is 0 Å². The van der Waals surface area contributed by atoms with Crippen LogP contribution in [0.5, 0.6) is 0 Å². The molecule has 0 atom stereocenters. The van der Waals surface area contributed by atoms with E-state index in [-0.39, 0.29) is 12.6 Å². The summed E-state index contributed by atoms with van der Waals surface area (Å²) in [5.41, 5.74) is 0.239. The van der Waals surface area contributed by atoms with Crippen molar-refractivity contribution in [2.45, 2.75) is 89.4 Å². The maximum atomic E-state index is 13.9. The minimum Gasteiger partial charge on any atom is -0.251 e. The minimum absolute atomic E-state index is 0.201. The summed E-state index contributed by atoms with van der Waals surface area (Å²) in [7, 11) is 0. The molecule has 0 aromatic heterocycles. The molecule has 0 N–H and O–H groups in total. The van der Waals surface area contributed by atoms with Crippen molar-refractivity contribution in [2.24, 2.45) is 17.8 Å².